The summed E-state index contributed by atoms with van der Waals surface area (Å²) >= 11 is 0. The zero-order valence-electron chi connectivity index (χ0n) is 64.3. The van der Waals surface area contributed by atoms with Crippen LogP contribution >= 0.6 is 0 Å². The third-order valence-electron chi connectivity index (χ3n) is 14.9. The zero-order chi connectivity index (χ0) is 79.6. The van der Waals surface area contributed by atoms with Gasteiger partial charge in [-0.2, -0.15) is 0 Å². The number of unbranched alkanes of at least 4 members (excludes halogenated alkanes) is 42. The van der Waals surface area contributed by atoms with E-state index in [2.05, 4.69) is 20.8 Å². The van der Waals surface area contributed by atoms with E-state index >= 15 is 0 Å². The first-order valence-electron chi connectivity index (χ1n) is 38.9. The Morgan fingerprint density at radius 1 is 0.167 bits per heavy atom. The molecule has 0 atom stereocenters. The summed E-state index contributed by atoms with van der Waals surface area (Å²) in [7, 11) is 0. The Hall–Kier alpha value is -2.43. The van der Waals surface area contributed by atoms with E-state index in [1.54, 1.807) is 0 Å². The Morgan fingerprint density at radius 3 is 0.304 bits per heavy atom. The Morgan fingerprint density at radius 2 is 0.245 bits per heavy atom. The minimum absolute atomic E-state index is 0.345. The first-order chi connectivity index (χ1) is 49.0. The molecule has 0 radical (unpaired) electrons. The third-order valence-corrected chi connectivity index (χ3v) is 14.9. The Kier molecular flexibility index (Phi) is 138. The molecule has 626 valence electrons. The van der Waals surface area contributed by atoms with Crippen LogP contribution < -0.4 is 0 Å². The monoisotopic (exact) mass is 1500 g/mol. The van der Waals surface area contributed by atoms with E-state index in [0.29, 0.717) is 19.3 Å². The molecular formula is C75H164O27. The van der Waals surface area contributed by atoms with E-state index in [9.17, 15) is 14.4 Å². The molecule has 0 heterocycles. The van der Waals surface area contributed by atoms with Crippen molar-refractivity contribution in [3.8, 4) is 0 Å². The highest BCUT2D eigenvalue weighted by atomic mass is 16.4. The molecule has 0 saturated carbocycles. The molecule has 0 unspecified atom stereocenters. The molecule has 0 aromatic carbocycles. The van der Waals surface area contributed by atoms with Crippen molar-refractivity contribution in [3.63, 3.8) is 0 Å². The first kappa shape index (κ1) is 121. The normalized spacial score (nSPS) is 10.5. The van der Waals surface area contributed by atoms with Crippen LogP contribution in [-0.2, 0) is 14.4 Å². The summed E-state index contributed by atoms with van der Waals surface area (Å²) in [5.41, 5.74) is 0. The van der Waals surface area contributed by atoms with E-state index in [1.165, 1.54) is 250 Å². The van der Waals surface area contributed by atoms with Crippen LogP contribution in [0.5, 0.6) is 0 Å². The van der Waals surface area contributed by atoms with Crippen molar-refractivity contribution in [2.75, 3.05) is 92.5 Å². The Labute approximate surface area is 616 Å². The highest BCUT2D eigenvalue weighted by Crippen LogP contribution is 2.17. The summed E-state index contributed by atoms with van der Waals surface area (Å²) in [5.74, 6) is -1.96. The number of carboxylic acid groups (broad SMARTS) is 3. The van der Waals surface area contributed by atoms with Gasteiger partial charge in [0.05, 0.1) is 92.5 Å². The average Bonchev–Trinajstić information content (AvgIpc) is 3.70. The Bertz CT molecular complexity index is 1190. The highest BCUT2D eigenvalue weighted by molar-refractivity contribution is 5.67. The van der Waals surface area contributed by atoms with Gasteiger partial charge in [0.15, 0.2) is 0 Å². The van der Waals surface area contributed by atoms with E-state index in [4.69, 9.17) is 123 Å². The molecule has 0 spiro atoms. The van der Waals surface area contributed by atoms with Gasteiger partial charge in [-0.3, -0.25) is 14.4 Å². The number of hydrogen-bond acceptors (Lipinski definition) is 24. The van der Waals surface area contributed by atoms with Crippen LogP contribution in [0.15, 0.2) is 0 Å². The fourth-order valence-electron chi connectivity index (χ4n) is 8.35. The minimum atomic E-state index is -0.954. The second-order valence-corrected chi connectivity index (χ2v) is 25.4. The summed E-state index contributed by atoms with van der Waals surface area (Å²) in [6.45, 7) is 1.71. The van der Waals surface area contributed by atoms with Crippen LogP contribution in [0.3, 0.4) is 0 Å². The van der Waals surface area contributed by atoms with Crippen LogP contribution in [-0.4, -0.2) is 276 Å². The van der Waals surface area contributed by atoms with Crippen molar-refractivity contribution in [1.82, 2.24) is 0 Å². The lowest BCUT2D eigenvalue weighted by Crippen LogP contribution is -2.15. The summed E-state index contributed by atoms with van der Waals surface area (Å²) in [4.78, 5) is 31.0. The van der Waals surface area contributed by atoms with E-state index < -0.39 is 60.6 Å². The molecule has 0 bridgehead atoms. The largest absolute Gasteiger partial charge is 0.481 e. The number of aliphatic carboxylic acids is 3. The standard InChI is InChI=1S/3C18H36O2.7C3H8O3/c3*1-2-3-4-5-6-7-8-9-10-11-12-13-14-15-16-17-18(19)20;7*4-1-3(6)2-5/h3*2-17H2,1H3,(H,19,20);7*3-6H,1-2H2. The third kappa shape index (κ3) is 155. The Balaban J connectivity index is -0.000000122. The lowest BCUT2D eigenvalue weighted by molar-refractivity contribution is -0.138. The van der Waals surface area contributed by atoms with Crippen LogP contribution in [0.1, 0.15) is 329 Å². The smallest absolute Gasteiger partial charge is 0.303 e. The van der Waals surface area contributed by atoms with Crippen LogP contribution in [0.4, 0.5) is 0 Å². The minimum Gasteiger partial charge on any atom is -0.481 e. The average molecular weight is 1500 g/mol. The van der Waals surface area contributed by atoms with Crippen LogP contribution in [0.25, 0.3) is 0 Å². The predicted octanol–water partition coefficient (Wildman–Crippen LogP) is 7.32. The molecule has 24 N–H and O–H groups in total. The molecule has 0 fully saturated rings. The molecule has 0 amide bonds. The van der Waals surface area contributed by atoms with Crippen molar-refractivity contribution >= 4 is 17.9 Å². The molecule has 0 aliphatic heterocycles. The van der Waals surface area contributed by atoms with Crippen molar-refractivity contribution in [3.05, 3.63) is 0 Å². The number of carboxylic acids is 3. The van der Waals surface area contributed by atoms with Gasteiger partial charge in [-0.15, -0.1) is 0 Å². The van der Waals surface area contributed by atoms with Crippen molar-refractivity contribution in [1.29, 1.82) is 0 Å². The van der Waals surface area contributed by atoms with Crippen LogP contribution in [0, 0.1) is 0 Å². The van der Waals surface area contributed by atoms with E-state index in [-0.39, 0.29) is 92.5 Å². The molecule has 0 saturated heterocycles. The number of rotatable bonds is 62. The fraction of sp³-hybridized carbons (Fsp3) is 0.960. The van der Waals surface area contributed by atoms with Crippen molar-refractivity contribution in [2.45, 2.75) is 372 Å². The maximum atomic E-state index is 10.3. The second-order valence-electron chi connectivity index (χ2n) is 25.4. The summed E-state index contributed by atoms with van der Waals surface area (Å²) in [5, 5.41) is 194. The predicted molar refractivity (Wildman–Crippen MR) is 403 cm³/mol. The molecule has 102 heavy (non-hydrogen) atoms. The van der Waals surface area contributed by atoms with Gasteiger partial charge in [0.25, 0.3) is 0 Å². The van der Waals surface area contributed by atoms with Gasteiger partial charge >= 0.3 is 17.9 Å². The molecule has 0 aliphatic rings. The molecule has 0 aromatic rings. The summed E-state index contributed by atoms with van der Waals surface area (Å²) in [6.07, 6.45) is 53.9. The SMILES string of the molecule is CCCCCCCCCCCCCCCCCC(=O)O.CCCCCCCCCCCCCCCCCC(=O)O.CCCCCCCCCCCCCCCCCC(=O)O.OCC(O)CO.OCC(O)CO.OCC(O)CO.OCC(O)CO.OCC(O)CO.OCC(O)CO.OCC(O)CO. The van der Waals surface area contributed by atoms with Gasteiger partial charge in [-0.1, -0.05) is 290 Å². The summed E-state index contributed by atoms with van der Waals surface area (Å²) < 4.78 is 0. The molecule has 27 nitrogen and oxygen atoms in total. The molecule has 0 rings (SSSR count). The van der Waals surface area contributed by atoms with E-state index in [0.717, 1.165) is 38.5 Å². The fourth-order valence-corrected chi connectivity index (χ4v) is 8.35. The molecule has 27 heteroatoms. The van der Waals surface area contributed by atoms with Gasteiger partial charge in [-0.25, -0.2) is 0 Å². The number of hydrogen-bond donors (Lipinski definition) is 24. The van der Waals surface area contributed by atoms with Crippen molar-refractivity contribution in [2.24, 2.45) is 0 Å². The molecule has 0 aromatic heterocycles. The molecular weight excluding hydrogens is 1330 g/mol. The van der Waals surface area contributed by atoms with Crippen LogP contribution in [0.2, 0.25) is 0 Å². The lowest BCUT2D eigenvalue weighted by Gasteiger charge is -2.03. The maximum Gasteiger partial charge on any atom is 0.303 e. The van der Waals surface area contributed by atoms with Crippen molar-refractivity contribution < 1.29 is 137 Å². The summed E-state index contributed by atoms with van der Waals surface area (Å²) in [6, 6.07) is 0. The molecule has 0 aliphatic carbocycles. The zero-order valence-corrected chi connectivity index (χ0v) is 64.3. The maximum absolute atomic E-state index is 10.3. The van der Waals surface area contributed by atoms with Gasteiger partial charge in [-0.05, 0) is 19.3 Å². The lowest BCUT2D eigenvalue weighted by atomic mass is 10.0. The van der Waals surface area contributed by atoms with Gasteiger partial charge in [0, 0.05) is 19.3 Å². The van der Waals surface area contributed by atoms with Gasteiger partial charge in [0.2, 0.25) is 0 Å². The second kappa shape index (κ2) is 117. The van der Waals surface area contributed by atoms with E-state index in [1.807, 2.05) is 0 Å². The number of aliphatic hydroxyl groups is 21. The van der Waals surface area contributed by atoms with Gasteiger partial charge < -0.3 is 123 Å². The van der Waals surface area contributed by atoms with Gasteiger partial charge in [0.1, 0.15) is 42.7 Å². The highest BCUT2D eigenvalue weighted by Gasteiger charge is 2.03. The first-order valence-corrected chi connectivity index (χ1v) is 38.9. The number of carbonyl (C=O) groups is 3. The topological polar surface area (TPSA) is 537 Å². The number of aliphatic hydroxyl groups excluding tert-OH is 21. The quantitative estimate of drug-likeness (QED) is 0.0265.